The lowest BCUT2D eigenvalue weighted by atomic mass is 10.1. The zero-order chi connectivity index (χ0) is 17.3. The Kier molecular flexibility index (Phi) is 3.88. The van der Waals surface area contributed by atoms with Crippen LogP contribution in [0.5, 0.6) is 0 Å². The molecule has 132 valence electrons. The van der Waals surface area contributed by atoms with E-state index in [1.807, 2.05) is 47.7 Å². The summed E-state index contributed by atoms with van der Waals surface area (Å²) in [5.74, 6) is 1.97. The molecular formula is C20H22N6. The Morgan fingerprint density at radius 2 is 1.96 bits per heavy atom. The lowest BCUT2D eigenvalue weighted by Gasteiger charge is -2.28. The molecule has 0 aromatic carbocycles. The minimum absolute atomic E-state index is 0.444. The van der Waals surface area contributed by atoms with Gasteiger partial charge in [0.05, 0.1) is 12.6 Å². The molecule has 0 saturated carbocycles. The SMILES string of the molecule is c1cnn(C[C@H]2CCCN2c2nc(-c3ccncc3)nc3c2CCC3)c1. The summed E-state index contributed by atoms with van der Waals surface area (Å²) in [6.07, 6.45) is 13.2. The van der Waals surface area contributed by atoms with Crippen LogP contribution in [0.3, 0.4) is 0 Å². The van der Waals surface area contributed by atoms with Gasteiger partial charge in [-0.2, -0.15) is 5.10 Å². The van der Waals surface area contributed by atoms with Gasteiger partial charge in [-0.1, -0.05) is 0 Å². The maximum absolute atomic E-state index is 5.03. The Balaban J connectivity index is 1.54. The molecule has 0 radical (unpaired) electrons. The third-order valence-electron chi connectivity index (χ3n) is 5.46. The number of pyridine rings is 1. The molecule has 0 unspecified atom stereocenters. The summed E-state index contributed by atoms with van der Waals surface area (Å²) in [5, 5.41) is 4.40. The Morgan fingerprint density at radius 3 is 2.81 bits per heavy atom. The molecule has 6 nitrogen and oxygen atoms in total. The van der Waals surface area contributed by atoms with E-state index >= 15 is 0 Å². The van der Waals surface area contributed by atoms with E-state index in [0.29, 0.717) is 6.04 Å². The normalized spacial score (nSPS) is 19.1. The predicted octanol–water partition coefficient (Wildman–Crippen LogP) is 2.89. The van der Waals surface area contributed by atoms with E-state index < -0.39 is 0 Å². The second-order valence-corrected chi connectivity index (χ2v) is 7.10. The van der Waals surface area contributed by atoms with Crippen LogP contribution in [0.4, 0.5) is 5.82 Å². The van der Waals surface area contributed by atoms with Crippen molar-refractivity contribution in [3.05, 3.63) is 54.2 Å². The molecule has 26 heavy (non-hydrogen) atoms. The molecule has 0 N–H and O–H groups in total. The van der Waals surface area contributed by atoms with Crippen LogP contribution in [0, 0.1) is 0 Å². The van der Waals surface area contributed by atoms with Crippen LogP contribution >= 0.6 is 0 Å². The van der Waals surface area contributed by atoms with Crippen LogP contribution in [0.25, 0.3) is 11.4 Å². The van der Waals surface area contributed by atoms with Crippen LogP contribution in [-0.4, -0.2) is 37.3 Å². The zero-order valence-corrected chi connectivity index (χ0v) is 14.8. The van der Waals surface area contributed by atoms with E-state index in [0.717, 1.165) is 43.1 Å². The van der Waals surface area contributed by atoms with Crippen LogP contribution in [-0.2, 0) is 19.4 Å². The van der Waals surface area contributed by atoms with E-state index in [9.17, 15) is 0 Å². The van der Waals surface area contributed by atoms with Crippen molar-refractivity contribution in [1.29, 1.82) is 0 Å². The summed E-state index contributed by atoms with van der Waals surface area (Å²) >= 11 is 0. The fraction of sp³-hybridized carbons (Fsp3) is 0.400. The van der Waals surface area contributed by atoms with E-state index in [4.69, 9.17) is 9.97 Å². The minimum Gasteiger partial charge on any atom is -0.351 e. The molecule has 2 aliphatic rings. The van der Waals surface area contributed by atoms with E-state index in [2.05, 4.69) is 15.0 Å². The Bertz CT molecular complexity index is 890. The maximum Gasteiger partial charge on any atom is 0.161 e. The molecule has 1 fully saturated rings. The van der Waals surface area contributed by atoms with Crippen molar-refractivity contribution in [2.24, 2.45) is 0 Å². The molecule has 1 aliphatic carbocycles. The Morgan fingerprint density at radius 1 is 1.04 bits per heavy atom. The van der Waals surface area contributed by atoms with Gasteiger partial charge < -0.3 is 4.90 Å². The molecule has 1 saturated heterocycles. The first kappa shape index (κ1) is 15.5. The summed E-state index contributed by atoms with van der Waals surface area (Å²) < 4.78 is 2.04. The molecule has 0 bridgehead atoms. The number of hydrogen-bond acceptors (Lipinski definition) is 5. The van der Waals surface area contributed by atoms with Crippen LogP contribution in [0.2, 0.25) is 0 Å². The second-order valence-electron chi connectivity index (χ2n) is 7.10. The first-order valence-electron chi connectivity index (χ1n) is 9.43. The van der Waals surface area contributed by atoms with E-state index in [1.165, 1.54) is 30.5 Å². The van der Waals surface area contributed by atoms with Crippen molar-refractivity contribution in [2.45, 2.75) is 44.7 Å². The van der Waals surface area contributed by atoms with E-state index in [1.54, 1.807) is 0 Å². The fourth-order valence-corrected chi connectivity index (χ4v) is 4.21. The van der Waals surface area contributed by atoms with Crippen molar-refractivity contribution in [2.75, 3.05) is 11.4 Å². The molecule has 3 aromatic heterocycles. The smallest absolute Gasteiger partial charge is 0.161 e. The summed E-state index contributed by atoms with van der Waals surface area (Å²) in [7, 11) is 0. The standard InChI is InChI=1S/C20H22N6/c1-5-17-18(6-1)23-19(15-7-10-21-11-8-15)24-20(17)26-13-2-4-16(26)14-25-12-3-9-22-25/h3,7-12,16H,1-2,4-6,13-14H2/t16-/m1/s1. The van der Waals surface area contributed by atoms with Gasteiger partial charge in [-0.25, -0.2) is 9.97 Å². The monoisotopic (exact) mass is 346 g/mol. The summed E-state index contributed by atoms with van der Waals surface area (Å²) in [5.41, 5.74) is 3.63. The van der Waals surface area contributed by atoms with Crippen molar-refractivity contribution >= 4 is 5.82 Å². The van der Waals surface area contributed by atoms with Crippen molar-refractivity contribution in [3.63, 3.8) is 0 Å². The van der Waals surface area contributed by atoms with Gasteiger partial charge in [0.2, 0.25) is 0 Å². The molecule has 0 amide bonds. The summed E-state index contributed by atoms with van der Waals surface area (Å²) in [4.78, 5) is 16.5. The highest BCUT2D eigenvalue weighted by molar-refractivity contribution is 5.61. The summed E-state index contributed by atoms with van der Waals surface area (Å²) in [6.45, 7) is 1.97. The molecule has 3 aromatic rings. The molecule has 1 aliphatic heterocycles. The van der Waals surface area contributed by atoms with Crippen LogP contribution in [0.1, 0.15) is 30.5 Å². The van der Waals surface area contributed by atoms with Gasteiger partial charge in [0.15, 0.2) is 5.82 Å². The van der Waals surface area contributed by atoms with E-state index in [-0.39, 0.29) is 0 Å². The molecule has 0 spiro atoms. The molecular weight excluding hydrogens is 324 g/mol. The first-order valence-corrected chi connectivity index (χ1v) is 9.43. The fourth-order valence-electron chi connectivity index (χ4n) is 4.21. The van der Waals surface area contributed by atoms with Gasteiger partial charge in [0.1, 0.15) is 5.82 Å². The average Bonchev–Trinajstić information content (AvgIpc) is 3.44. The van der Waals surface area contributed by atoms with Gasteiger partial charge in [0.25, 0.3) is 0 Å². The lowest BCUT2D eigenvalue weighted by Crippen LogP contribution is -2.34. The number of aromatic nitrogens is 5. The van der Waals surface area contributed by atoms with Gasteiger partial charge in [-0.3, -0.25) is 9.67 Å². The topological polar surface area (TPSA) is 59.7 Å². The Hall–Kier alpha value is -2.76. The van der Waals surface area contributed by atoms with Crippen LogP contribution in [0.15, 0.2) is 43.0 Å². The van der Waals surface area contributed by atoms with Gasteiger partial charge in [-0.05, 0) is 50.3 Å². The lowest BCUT2D eigenvalue weighted by molar-refractivity contribution is 0.506. The highest BCUT2D eigenvalue weighted by Gasteiger charge is 2.31. The third kappa shape index (κ3) is 2.75. The first-order chi connectivity index (χ1) is 12.9. The van der Waals surface area contributed by atoms with Gasteiger partial charge >= 0.3 is 0 Å². The molecule has 1 atom stereocenters. The highest BCUT2D eigenvalue weighted by Crippen LogP contribution is 2.35. The van der Waals surface area contributed by atoms with Crippen molar-refractivity contribution in [1.82, 2.24) is 24.7 Å². The van der Waals surface area contributed by atoms with Crippen molar-refractivity contribution in [3.8, 4) is 11.4 Å². The highest BCUT2D eigenvalue weighted by atomic mass is 15.3. The number of fused-ring (bicyclic) bond motifs is 1. The average molecular weight is 346 g/mol. The number of nitrogens with zero attached hydrogens (tertiary/aromatic N) is 6. The number of anilines is 1. The second kappa shape index (κ2) is 6.52. The maximum atomic E-state index is 5.03. The van der Waals surface area contributed by atoms with Gasteiger partial charge in [-0.15, -0.1) is 0 Å². The summed E-state index contributed by atoms with van der Waals surface area (Å²) in [6, 6.07) is 6.42. The number of rotatable bonds is 4. The molecule has 6 heteroatoms. The van der Waals surface area contributed by atoms with Gasteiger partial charge in [0, 0.05) is 48.2 Å². The third-order valence-corrected chi connectivity index (χ3v) is 5.46. The zero-order valence-electron chi connectivity index (χ0n) is 14.8. The number of hydrogen-bond donors (Lipinski definition) is 0. The minimum atomic E-state index is 0.444. The molecule has 5 rings (SSSR count). The predicted molar refractivity (Wildman–Crippen MR) is 99.9 cm³/mol. The largest absolute Gasteiger partial charge is 0.351 e. The Labute approximate surface area is 152 Å². The quantitative estimate of drug-likeness (QED) is 0.727. The van der Waals surface area contributed by atoms with Crippen LogP contribution < -0.4 is 4.90 Å². The number of aryl methyl sites for hydroxylation is 1. The van der Waals surface area contributed by atoms with Crippen molar-refractivity contribution < 1.29 is 0 Å². The molecule has 4 heterocycles.